The lowest BCUT2D eigenvalue weighted by Gasteiger charge is -2.18. The number of hydrogen-bond acceptors (Lipinski definition) is 6. The summed E-state index contributed by atoms with van der Waals surface area (Å²) < 4.78 is 1.86. The summed E-state index contributed by atoms with van der Waals surface area (Å²) in [5, 5.41) is 18.0. The van der Waals surface area contributed by atoms with E-state index in [0.29, 0.717) is 35.1 Å². The van der Waals surface area contributed by atoms with Gasteiger partial charge >= 0.3 is 0 Å². The first-order valence-corrected chi connectivity index (χ1v) is 14.6. The number of aromatic nitrogens is 4. The van der Waals surface area contributed by atoms with Crippen molar-refractivity contribution >= 4 is 11.7 Å². The van der Waals surface area contributed by atoms with Crippen LogP contribution in [0.2, 0.25) is 0 Å². The zero-order valence-electron chi connectivity index (χ0n) is 23.2. The molecular weight excluding hydrogens is 510 g/mol. The van der Waals surface area contributed by atoms with Crippen LogP contribution in [0.15, 0.2) is 54.9 Å². The monoisotopic (exact) mass is 541 g/mol. The van der Waals surface area contributed by atoms with Crippen molar-refractivity contribution in [2.75, 3.05) is 18.0 Å². The number of nitriles is 1. The molecule has 41 heavy (non-hydrogen) atoms. The average molecular weight is 542 g/mol. The van der Waals surface area contributed by atoms with Crippen LogP contribution in [0.5, 0.6) is 0 Å². The first-order valence-electron chi connectivity index (χ1n) is 14.6. The molecule has 0 atom stereocenters. The molecule has 3 fully saturated rings. The Morgan fingerprint density at radius 2 is 1.90 bits per heavy atom. The highest BCUT2D eigenvalue weighted by atomic mass is 16.2. The predicted octanol–water partition coefficient (Wildman–Crippen LogP) is 5.44. The number of carbonyl (C=O) groups excluding carboxylic acids is 1. The van der Waals surface area contributed by atoms with E-state index >= 15 is 0 Å². The van der Waals surface area contributed by atoms with E-state index < -0.39 is 0 Å². The van der Waals surface area contributed by atoms with Gasteiger partial charge in [0.1, 0.15) is 12.1 Å². The van der Waals surface area contributed by atoms with Crippen molar-refractivity contribution in [2.45, 2.75) is 51.1 Å². The van der Waals surface area contributed by atoms with E-state index in [1.807, 2.05) is 40.8 Å². The van der Waals surface area contributed by atoms with Crippen molar-refractivity contribution in [3.05, 3.63) is 82.8 Å². The maximum atomic E-state index is 13.8. The van der Waals surface area contributed by atoms with E-state index in [4.69, 9.17) is 4.98 Å². The van der Waals surface area contributed by atoms with Gasteiger partial charge in [0.25, 0.3) is 5.91 Å². The van der Waals surface area contributed by atoms with Gasteiger partial charge in [-0.1, -0.05) is 18.2 Å². The molecule has 1 amide bonds. The third-order valence-electron chi connectivity index (χ3n) is 9.37. The first kappa shape index (κ1) is 24.4. The molecule has 0 unspecified atom stereocenters. The van der Waals surface area contributed by atoms with Crippen LogP contribution in [0.3, 0.4) is 0 Å². The molecule has 2 aromatic carbocycles. The number of benzene rings is 2. The highest BCUT2D eigenvalue weighted by Gasteiger charge is 2.47. The largest absolute Gasteiger partial charge is 0.317 e. The molecular formula is C33H31N7O. The Hall–Kier alpha value is -4.35. The molecule has 8 rings (SSSR count). The Bertz CT molecular complexity index is 1760. The minimum absolute atomic E-state index is 0.0154. The molecule has 204 valence electrons. The van der Waals surface area contributed by atoms with Gasteiger partial charge in [0.2, 0.25) is 0 Å². The fourth-order valence-corrected chi connectivity index (χ4v) is 6.63. The molecule has 2 aromatic heterocycles. The second-order valence-electron chi connectivity index (χ2n) is 12.4. The lowest BCUT2D eigenvalue weighted by Crippen LogP contribution is -2.24. The van der Waals surface area contributed by atoms with Crippen LogP contribution in [0.4, 0.5) is 5.82 Å². The topological polar surface area (TPSA) is 90.9 Å². The normalized spacial score (nSPS) is 19.1. The summed E-state index contributed by atoms with van der Waals surface area (Å²) >= 11 is 0. The van der Waals surface area contributed by atoms with Gasteiger partial charge in [0.05, 0.1) is 18.2 Å². The van der Waals surface area contributed by atoms with E-state index in [-0.39, 0.29) is 5.91 Å². The predicted molar refractivity (Wildman–Crippen MR) is 155 cm³/mol. The molecule has 4 aliphatic rings. The summed E-state index contributed by atoms with van der Waals surface area (Å²) in [6.45, 7) is 3.77. The fraction of sp³-hybridized carbons (Fsp3) is 0.364. The number of rotatable bonds is 6. The van der Waals surface area contributed by atoms with E-state index in [9.17, 15) is 10.1 Å². The maximum absolute atomic E-state index is 13.8. The lowest BCUT2D eigenvalue weighted by molar-refractivity contribution is 0.0995. The molecule has 2 saturated carbocycles. The summed E-state index contributed by atoms with van der Waals surface area (Å²) in [4.78, 5) is 23.2. The second-order valence-corrected chi connectivity index (χ2v) is 12.4. The zero-order chi connectivity index (χ0) is 27.7. The molecule has 0 bridgehead atoms. The third-order valence-corrected chi connectivity index (χ3v) is 9.37. The van der Waals surface area contributed by atoms with E-state index in [0.717, 1.165) is 59.4 Å². The van der Waals surface area contributed by atoms with Crippen LogP contribution in [-0.4, -0.2) is 43.6 Å². The molecule has 8 nitrogen and oxygen atoms in total. The standard InChI is InChI=1S/C33H31N7O/c1-38-20-35-37-31(38)28-12-21(16-34)3-7-26(28)25-14-29(23-5-6-23)36-30(15-25)40-18-24-4-2-22(13-27(24)32(40)41)17-39-11-10-33(19-39)8-9-33/h2-4,7,12-15,20,23H,5-6,8-11,17-19H2,1H3. The van der Waals surface area contributed by atoms with Gasteiger partial charge in [0.15, 0.2) is 5.82 Å². The number of hydrogen-bond donors (Lipinski definition) is 0. The average Bonchev–Trinajstić information content (AvgIpc) is 3.87. The summed E-state index contributed by atoms with van der Waals surface area (Å²) in [5.74, 6) is 1.79. The number of amides is 1. The van der Waals surface area contributed by atoms with Crippen LogP contribution in [0.1, 0.15) is 70.8 Å². The lowest BCUT2D eigenvalue weighted by atomic mass is 9.96. The van der Waals surface area contributed by atoms with Gasteiger partial charge in [-0.05, 0) is 96.6 Å². The Morgan fingerprint density at radius 1 is 1.02 bits per heavy atom. The molecule has 4 aromatic rings. The van der Waals surface area contributed by atoms with Crippen LogP contribution in [-0.2, 0) is 20.1 Å². The van der Waals surface area contributed by atoms with Crippen LogP contribution < -0.4 is 4.90 Å². The quantitative estimate of drug-likeness (QED) is 0.323. The van der Waals surface area contributed by atoms with Crippen molar-refractivity contribution < 1.29 is 4.79 Å². The first-order chi connectivity index (χ1) is 20.0. The number of pyridine rings is 1. The summed E-state index contributed by atoms with van der Waals surface area (Å²) in [7, 11) is 1.90. The SMILES string of the molecule is Cn1cnnc1-c1cc(C#N)ccc1-c1cc(C2CC2)nc(N2Cc3ccc(CN4CCC5(CC5)C4)cc3C2=O)c1. The summed E-state index contributed by atoms with van der Waals surface area (Å²) in [5.41, 5.74) is 7.97. The van der Waals surface area contributed by atoms with Crippen molar-refractivity contribution in [1.29, 1.82) is 5.26 Å². The Balaban J connectivity index is 1.14. The highest BCUT2D eigenvalue weighted by Crippen LogP contribution is 2.53. The molecule has 0 radical (unpaired) electrons. The Labute approximate surface area is 239 Å². The van der Waals surface area contributed by atoms with Gasteiger partial charge in [-0.2, -0.15) is 5.26 Å². The molecule has 1 spiro atoms. The van der Waals surface area contributed by atoms with Gasteiger partial charge in [0, 0.05) is 42.9 Å². The number of anilines is 1. The molecule has 8 heteroatoms. The van der Waals surface area contributed by atoms with E-state index in [2.05, 4.69) is 45.4 Å². The number of likely N-dealkylation sites (tertiary alicyclic amines) is 1. The van der Waals surface area contributed by atoms with E-state index in [1.165, 1.54) is 31.4 Å². The number of nitrogens with zero attached hydrogens (tertiary/aromatic N) is 7. The van der Waals surface area contributed by atoms with Crippen LogP contribution in [0.25, 0.3) is 22.5 Å². The van der Waals surface area contributed by atoms with Gasteiger partial charge in [-0.15, -0.1) is 10.2 Å². The van der Waals surface area contributed by atoms with Gasteiger partial charge in [-0.3, -0.25) is 14.6 Å². The summed E-state index contributed by atoms with van der Waals surface area (Å²) in [6.07, 6.45) is 7.93. The van der Waals surface area contributed by atoms with Crippen molar-refractivity contribution in [3.63, 3.8) is 0 Å². The third kappa shape index (κ3) is 4.32. The maximum Gasteiger partial charge on any atom is 0.260 e. The van der Waals surface area contributed by atoms with Gasteiger partial charge in [-0.25, -0.2) is 4.98 Å². The van der Waals surface area contributed by atoms with Gasteiger partial charge < -0.3 is 4.57 Å². The Morgan fingerprint density at radius 3 is 2.63 bits per heavy atom. The minimum atomic E-state index is 0.0154. The highest BCUT2D eigenvalue weighted by molar-refractivity contribution is 6.10. The van der Waals surface area contributed by atoms with E-state index in [1.54, 1.807) is 6.33 Å². The van der Waals surface area contributed by atoms with Crippen molar-refractivity contribution in [3.8, 4) is 28.6 Å². The smallest absolute Gasteiger partial charge is 0.260 e. The molecule has 0 N–H and O–H groups in total. The molecule has 2 aliphatic carbocycles. The van der Waals surface area contributed by atoms with Crippen molar-refractivity contribution in [2.24, 2.45) is 12.5 Å². The molecule has 4 heterocycles. The molecule has 1 saturated heterocycles. The second kappa shape index (κ2) is 9.08. The van der Waals surface area contributed by atoms with Crippen LogP contribution in [0, 0.1) is 16.7 Å². The summed E-state index contributed by atoms with van der Waals surface area (Å²) in [6, 6.07) is 18.5. The fourth-order valence-electron chi connectivity index (χ4n) is 6.63. The number of carbonyl (C=O) groups is 1. The zero-order valence-corrected chi connectivity index (χ0v) is 23.2. The molecule has 2 aliphatic heterocycles. The Kier molecular flexibility index (Phi) is 5.42. The minimum Gasteiger partial charge on any atom is -0.317 e. The number of aryl methyl sites for hydroxylation is 1. The van der Waals surface area contributed by atoms with Crippen molar-refractivity contribution in [1.82, 2.24) is 24.6 Å². The number of fused-ring (bicyclic) bond motifs is 1. The van der Waals surface area contributed by atoms with Crippen LogP contribution >= 0.6 is 0 Å².